The Bertz CT molecular complexity index is 667. The second-order valence-electron chi connectivity index (χ2n) is 6.76. The summed E-state index contributed by atoms with van der Waals surface area (Å²) in [4.78, 5) is 12.3. The molecule has 0 radical (unpaired) electrons. The highest BCUT2D eigenvalue weighted by Gasteiger charge is 2.53. The Balaban J connectivity index is 0.00000144. The second kappa shape index (κ2) is 5.62. The number of Topliss-reactive ketones (excluding diaryl/α,β-unsaturated/α-hetero) is 1. The summed E-state index contributed by atoms with van der Waals surface area (Å²) in [6, 6.07) is 6.95. The van der Waals surface area contributed by atoms with Gasteiger partial charge in [-0.25, -0.2) is 4.58 Å². The number of carbonyl (C=O) groups is 1. The van der Waals surface area contributed by atoms with Gasteiger partial charge in [0.15, 0.2) is 11.8 Å². The monoisotopic (exact) mass is 411 g/mol. The number of ketones is 1. The van der Waals surface area contributed by atoms with Crippen molar-refractivity contribution >= 4 is 11.5 Å². The van der Waals surface area contributed by atoms with Gasteiger partial charge >= 0.3 is 0 Å². The van der Waals surface area contributed by atoms with Crippen LogP contribution in [0.5, 0.6) is 5.75 Å². The zero-order valence-electron chi connectivity index (χ0n) is 13.2. The lowest BCUT2D eigenvalue weighted by Crippen LogP contribution is -3.00. The molecule has 1 unspecified atom stereocenters. The maximum absolute atomic E-state index is 12.3. The molecule has 1 saturated carbocycles. The van der Waals surface area contributed by atoms with Gasteiger partial charge in [0.25, 0.3) is 0 Å². The molecule has 0 spiro atoms. The molecule has 3 nitrogen and oxygen atoms in total. The SMILES string of the molecule is COc1ccc2c(c1)CC[N+]1=C3CCC(=O)C3(C)CC[C@@H]21.[I-]. The summed E-state index contributed by atoms with van der Waals surface area (Å²) in [6.07, 6.45) is 4.86. The molecule has 22 heavy (non-hydrogen) atoms. The number of rotatable bonds is 1. The number of methoxy groups -OCH3 is 1. The maximum Gasteiger partial charge on any atom is 0.178 e. The van der Waals surface area contributed by atoms with Crippen LogP contribution in [0, 0.1) is 5.41 Å². The molecule has 0 aromatic heterocycles. The van der Waals surface area contributed by atoms with E-state index >= 15 is 0 Å². The first-order chi connectivity index (χ1) is 10.1. The Morgan fingerprint density at radius 2 is 2.09 bits per heavy atom. The number of ether oxygens (including phenoxy) is 1. The third-order valence-electron chi connectivity index (χ3n) is 5.81. The standard InChI is InChI=1S/C18H22NO2.HI/c1-18-9-7-15-14-4-3-13(21-2)11-12(14)8-10-19(15)16(18)5-6-17(18)20;/h3-4,11,15H,5-10H2,1-2H3;1H/q+1;/p-1/t15-,18?;/m0./s1. The van der Waals surface area contributed by atoms with Crippen LogP contribution in [0.3, 0.4) is 0 Å². The average molecular weight is 411 g/mol. The fourth-order valence-electron chi connectivity index (χ4n) is 4.56. The molecule has 2 atom stereocenters. The maximum atomic E-state index is 12.3. The van der Waals surface area contributed by atoms with Crippen molar-refractivity contribution in [2.45, 2.75) is 45.1 Å². The zero-order chi connectivity index (χ0) is 14.6. The molecule has 2 heterocycles. The Hall–Kier alpha value is -0.910. The van der Waals surface area contributed by atoms with Crippen molar-refractivity contribution in [1.29, 1.82) is 0 Å². The molecule has 1 fully saturated rings. The van der Waals surface area contributed by atoms with Gasteiger partial charge in [-0.2, -0.15) is 0 Å². The molecule has 4 heteroatoms. The topological polar surface area (TPSA) is 29.3 Å². The van der Waals surface area contributed by atoms with Crippen molar-refractivity contribution in [3.8, 4) is 5.75 Å². The van der Waals surface area contributed by atoms with Gasteiger partial charge in [0.05, 0.1) is 7.11 Å². The third kappa shape index (κ3) is 2.14. The van der Waals surface area contributed by atoms with Gasteiger partial charge in [-0.05, 0) is 37.1 Å². The summed E-state index contributed by atoms with van der Waals surface area (Å²) in [5, 5.41) is 0. The fraction of sp³-hybridized carbons (Fsp3) is 0.556. The molecule has 3 aliphatic rings. The summed E-state index contributed by atoms with van der Waals surface area (Å²) in [7, 11) is 1.73. The summed E-state index contributed by atoms with van der Waals surface area (Å²) in [5.74, 6) is 1.41. The largest absolute Gasteiger partial charge is 1.00 e. The number of carbonyl (C=O) groups excluding carboxylic acids is 1. The molecule has 4 rings (SSSR count). The van der Waals surface area contributed by atoms with Crippen LogP contribution in [0.1, 0.15) is 49.8 Å². The van der Waals surface area contributed by atoms with Gasteiger partial charge in [0.2, 0.25) is 0 Å². The highest BCUT2D eigenvalue weighted by Crippen LogP contribution is 2.46. The van der Waals surface area contributed by atoms with E-state index in [-0.39, 0.29) is 29.4 Å². The number of hydrogen-bond acceptors (Lipinski definition) is 2. The lowest BCUT2D eigenvalue weighted by Gasteiger charge is -2.35. The van der Waals surface area contributed by atoms with E-state index in [0.29, 0.717) is 11.8 Å². The van der Waals surface area contributed by atoms with E-state index in [2.05, 4.69) is 29.7 Å². The van der Waals surface area contributed by atoms with Gasteiger partial charge in [-0.3, -0.25) is 4.79 Å². The van der Waals surface area contributed by atoms with Gasteiger partial charge in [0.1, 0.15) is 23.5 Å². The first-order valence-corrected chi connectivity index (χ1v) is 7.96. The van der Waals surface area contributed by atoms with Crippen LogP contribution in [0.25, 0.3) is 0 Å². The third-order valence-corrected chi connectivity index (χ3v) is 5.81. The Morgan fingerprint density at radius 1 is 1.27 bits per heavy atom. The predicted molar refractivity (Wildman–Crippen MR) is 81.2 cm³/mol. The van der Waals surface area contributed by atoms with Crippen molar-refractivity contribution in [2.24, 2.45) is 5.41 Å². The molecule has 0 bridgehead atoms. The number of nitrogens with zero attached hydrogens (tertiary/aromatic N) is 1. The number of benzene rings is 1. The highest BCUT2D eigenvalue weighted by atomic mass is 127. The van der Waals surface area contributed by atoms with E-state index in [9.17, 15) is 4.79 Å². The molecule has 1 aromatic rings. The molecule has 0 amide bonds. The molecule has 1 aliphatic carbocycles. The van der Waals surface area contributed by atoms with Gasteiger partial charge in [-0.15, -0.1) is 0 Å². The Morgan fingerprint density at radius 3 is 2.86 bits per heavy atom. The van der Waals surface area contributed by atoms with Crippen molar-refractivity contribution in [2.75, 3.05) is 13.7 Å². The quantitative estimate of drug-likeness (QED) is 0.478. The van der Waals surface area contributed by atoms with Crippen molar-refractivity contribution < 1.29 is 38.1 Å². The molecule has 0 saturated heterocycles. The summed E-state index contributed by atoms with van der Waals surface area (Å²) < 4.78 is 7.90. The van der Waals surface area contributed by atoms with Crippen molar-refractivity contribution in [1.82, 2.24) is 0 Å². The molecule has 118 valence electrons. The van der Waals surface area contributed by atoms with Crippen LogP contribution >= 0.6 is 0 Å². The lowest BCUT2D eigenvalue weighted by atomic mass is 9.74. The smallest absolute Gasteiger partial charge is 0.178 e. The van der Waals surface area contributed by atoms with Crippen LogP contribution in [0.2, 0.25) is 0 Å². The van der Waals surface area contributed by atoms with E-state index in [4.69, 9.17) is 4.74 Å². The first-order valence-electron chi connectivity index (χ1n) is 7.96. The van der Waals surface area contributed by atoms with E-state index in [1.54, 1.807) is 7.11 Å². The molecular weight excluding hydrogens is 389 g/mol. The average Bonchev–Trinajstić information content (AvgIpc) is 2.82. The molecule has 2 aliphatic heterocycles. The van der Waals surface area contributed by atoms with Crippen LogP contribution in [-0.4, -0.2) is 29.7 Å². The van der Waals surface area contributed by atoms with Crippen LogP contribution in [-0.2, 0) is 11.2 Å². The van der Waals surface area contributed by atoms with Gasteiger partial charge < -0.3 is 28.7 Å². The van der Waals surface area contributed by atoms with Crippen molar-refractivity contribution in [3.63, 3.8) is 0 Å². The molecule has 1 aromatic carbocycles. The molecular formula is C18H22INO2. The highest BCUT2D eigenvalue weighted by molar-refractivity contribution is 6.13. The minimum atomic E-state index is -0.166. The minimum absolute atomic E-state index is 0. The summed E-state index contributed by atoms with van der Waals surface area (Å²) >= 11 is 0. The van der Waals surface area contributed by atoms with Crippen LogP contribution in [0.15, 0.2) is 18.2 Å². The van der Waals surface area contributed by atoms with E-state index in [0.717, 1.165) is 44.4 Å². The minimum Gasteiger partial charge on any atom is -1.00 e. The lowest BCUT2D eigenvalue weighted by molar-refractivity contribution is -0.585. The number of halogens is 1. The zero-order valence-corrected chi connectivity index (χ0v) is 15.4. The van der Waals surface area contributed by atoms with E-state index < -0.39 is 0 Å². The van der Waals surface area contributed by atoms with Crippen LogP contribution in [0.4, 0.5) is 0 Å². The van der Waals surface area contributed by atoms with E-state index in [1.165, 1.54) is 16.8 Å². The molecule has 0 N–H and O–H groups in total. The Kier molecular flexibility index (Phi) is 4.08. The summed E-state index contributed by atoms with van der Waals surface area (Å²) in [6.45, 7) is 3.21. The van der Waals surface area contributed by atoms with Crippen LogP contribution < -0.4 is 28.7 Å². The van der Waals surface area contributed by atoms with E-state index in [1.807, 2.05) is 0 Å². The van der Waals surface area contributed by atoms with Gasteiger partial charge in [-0.1, -0.05) is 0 Å². The normalized spacial score (nSPS) is 29.4. The second-order valence-corrected chi connectivity index (χ2v) is 6.76. The predicted octanol–water partition coefficient (Wildman–Crippen LogP) is -0.0871. The van der Waals surface area contributed by atoms with Crippen molar-refractivity contribution in [3.05, 3.63) is 29.3 Å². The Labute approximate surface area is 148 Å². The van der Waals surface area contributed by atoms with Gasteiger partial charge in [0, 0.05) is 31.2 Å². The first kappa shape index (κ1) is 16.0. The summed E-state index contributed by atoms with van der Waals surface area (Å²) in [5.41, 5.74) is 4.10. The number of fused-ring (bicyclic) bond motifs is 4. The fourth-order valence-corrected chi connectivity index (χ4v) is 4.56. The number of hydrogen-bond donors (Lipinski definition) is 0.